The van der Waals surface area contributed by atoms with E-state index in [1.807, 2.05) is 29.5 Å². The van der Waals surface area contributed by atoms with Crippen LogP contribution in [0, 0.1) is 0 Å². The molecule has 12 aromatic carbocycles. The van der Waals surface area contributed by atoms with E-state index < -0.39 is 0 Å². The third-order valence-electron chi connectivity index (χ3n) is 17.0. The van der Waals surface area contributed by atoms with E-state index in [2.05, 4.69) is 224 Å². The fraction of sp³-hybridized carbons (Fsp3) is 0. The van der Waals surface area contributed by atoms with Crippen LogP contribution in [0.1, 0.15) is 0 Å². The highest BCUT2D eigenvalue weighted by atomic mass is 32.1. The van der Waals surface area contributed by atoms with Crippen LogP contribution in [-0.4, -0.2) is 13.4 Å². The van der Waals surface area contributed by atoms with E-state index in [1.165, 1.54) is 31.3 Å². The van der Waals surface area contributed by atoms with Gasteiger partial charge in [-0.2, -0.15) is 0 Å². The Kier molecular flexibility index (Phi) is 9.22. The Hall–Kier alpha value is -10.0. The van der Waals surface area contributed by atoms with E-state index in [0.29, 0.717) is 0 Å². The number of para-hydroxylation sites is 4. The molecular formula is C72H40B2O5S. The predicted molar refractivity (Wildman–Crippen MR) is 329 cm³/mol. The van der Waals surface area contributed by atoms with Gasteiger partial charge < -0.3 is 23.4 Å². The molecule has 4 aliphatic rings. The number of fused-ring (bicyclic) bond motifs is 14. The molecule has 2 aromatic heterocycles. The van der Waals surface area contributed by atoms with E-state index >= 15 is 0 Å². The minimum absolute atomic E-state index is 0.0448. The molecule has 0 unspecified atom stereocenters. The van der Waals surface area contributed by atoms with Gasteiger partial charge >= 0.3 is 0 Å². The minimum Gasteiger partial charge on any atom is -0.458 e. The first-order valence-electron chi connectivity index (χ1n) is 27.2. The van der Waals surface area contributed by atoms with Gasteiger partial charge in [0.1, 0.15) is 57.2 Å². The Morgan fingerprint density at radius 2 is 0.700 bits per heavy atom. The summed E-state index contributed by atoms with van der Waals surface area (Å²) >= 11 is 1.85. The zero-order chi connectivity index (χ0) is 52.2. The molecule has 0 bridgehead atoms. The van der Waals surface area contributed by atoms with Gasteiger partial charge in [0.05, 0.1) is 0 Å². The molecule has 0 atom stereocenters. The molecule has 0 saturated heterocycles. The summed E-state index contributed by atoms with van der Waals surface area (Å²) in [5.41, 5.74) is 19.3. The third-order valence-corrected chi connectivity index (χ3v) is 18.1. The molecular weight excluding hydrogens is 998 g/mol. The Morgan fingerprint density at radius 3 is 1.29 bits per heavy atom. The maximum absolute atomic E-state index is 6.93. The topological polar surface area (TPSA) is 50.1 Å². The molecule has 0 radical (unpaired) electrons. The van der Waals surface area contributed by atoms with Crippen LogP contribution >= 0.6 is 11.3 Å². The summed E-state index contributed by atoms with van der Waals surface area (Å²) in [6.45, 7) is -0.0514. The van der Waals surface area contributed by atoms with Crippen molar-refractivity contribution in [2.24, 2.45) is 0 Å². The summed E-state index contributed by atoms with van der Waals surface area (Å²) in [6.07, 6.45) is 0. The lowest BCUT2D eigenvalue weighted by Crippen LogP contribution is -2.57. The molecule has 0 saturated carbocycles. The van der Waals surface area contributed by atoms with Crippen LogP contribution in [0.2, 0.25) is 0 Å². The van der Waals surface area contributed by atoms with Gasteiger partial charge in [0, 0.05) is 47.4 Å². The molecule has 0 N–H and O–H groups in total. The lowest BCUT2D eigenvalue weighted by atomic mass is 9.34. The number of hydrogen-bond donors (Lipinski definition) is 0. The highest BCUT2D eigenvalue weighted by Crippen LogP contribution is 2.44. The second-order valence-corrected chi connectivity index (χ2v) is 22.5. The van der Waals surface area contributed by atoms with Crippen molar-refractivity contribution in [1.29, 1.82) is 0 Å². The van der Waals surface area contributed by atoms with Crippen LogP contribution in [0.5, 0.6) is 46.0 Å². The summed E-state index contributed by atoms with van der Waals surface area (Å²) in [4.78, 5) is 0. The van der Waals surface area contributed by atoms with Crippen LogP contribution in [0.3, 0.4) is 0 Å². The summed E-state index contributed by atoms with van der Waals surface area (Å²) in [5.74, 6) is 6.73. The van der Waals surface area contributed by atoms with Crippen molar-refractivity contribution in [3.05, 3.63) is 243 Å². The number of benzene rings is 12. The van der Waals surface area contributed by atoms with Crippen molar-refractivity contribution in [3.8, 4) is 102 Å². The van der Waals surface area contributed by atoms with Crippen LogP contribution < -0.4 is 51.7 Å². The maximum atomic E-state index is 6.93. The van der Waals surface area contributed by atoms with Gasteiger partial charge in [-0.25, -0.2) is 0 Å². The van der Waals surface area contributed by atoms with E-state index in [1.54, 1.807) is 0 Å². The molecule has 6 heterocycles. The number of ether oxygens (including phenoxy) is 4. The van der Waals surface area contributed by atoms with Crippen LogP contribution in [0.4, 0.5) is 0 Å². The predicted octanol–water partition coefficient (Wildman–Crippen LogP) is 15.7. The number of hydrogen-bond acceptors (Lipinski definition) is 6. The van der Waals surface area contributed by atoms with Gasteiger partial charge in [0.25, 0.3) is 13.4 Å². The second kappa shape index (κ2) is 16.7. The van der Waals surface area contributed by atoms with Gasteiger partial charge in [-0.05, 0) is 151 Å². The second-order valence-electron chi connectivity index (χ2n) is 21.4. The van der Waals surface area contributed by atoms with Crippen molar-refractivity contribution in [3.63, 3.8) is 0 Å². The first-order valence-corrected chi connectivity index (χ1v) is 28.0. The standard InChI is InChI=1S/C72H40B2O5S/c1-8-19-68-51(10-1)54-35-46(30-33-69(54)80-68)42-22-26-44(27-23-42)49-39-66-71-67(40-49)78-63-32-29-47(36-58(63)74(71)57-15-4-7-18-62(57)77-66)50-11-9-12-52-53-34-45(28-31-59(53)79-72(50)52)41-20-24-43(25-21-41)48-37-64-70-65(38-48)76-61-17-6-3-14-56(61)73(70)55-13-2-5-16-60(55)75-64/h1-40H. The zero-order valence-electron chi connectivity index (χ0n) is 42.7. The normalized spacial score (nSPS) is 13.1. The summed E-state index contributed by atoms with van der Waals surface area (Å²) in [5, 5.41) is 4.74. The summed E-state index contributed by atoms with van der Waals surface area (Å²) < 4.78 is 36.4. The number of rotatable bonds is 5. The molecule has 14 aromatic rings. The highest BCUT2D eigenvalue weighted by molar-refractivity contribution is 7.25. The smallest absolute Gasteiger partial charge is 0.260 e. The monoisotopic (exact) mass is 1040 g/mol. The summed E-state index contributed by atoms with van der Waals surface area (Å²) in [6, 6.07) is 86.4. The number of furan rings is 1. The molecule has 0 aliphatic carbocycles. The quantitative estimate of drug-likeness (QED) is 0.161. The highest BCUT2D eigenvalue weighted by Gasteiger charge is 2.42. The largest absolute Gasteiger partial charge is 0.458 e. The zero-order valence-corrected chi connectivity index (χ0v) is 43.5. The van der Waals surface area contributed by atoms with Gasteiger partial charge in [-0.15, -0.1) is 11.3 Å². The van der Waals surface area contributed by atoms with Crippen molar-refractivity contribution in [2.45, 2.75) is 0 Å². The Bertz CT molecular complexity index is 4890. The Labute approximate surface area is 464 Å². The lowest BCUT2D eigenvalue weighted by molar-refractivity contribution is 0.464. The molecule has 0 spiro atoms. The van der Waals surface area contributed by atoms with Gasteiger partial charge in [-0.3, -0.25) is 0 Å². The first kappa shape index (κ1) is 44.0. The average molecular weight is 1040 g/mol. The molecule has 4 aliphatic heterocycles. The fourth-order valence-electron chi connectivity index (χ4n) is 13.2. The van der Waals surface area contributed by atoms with Crippen molar-refractivity contribution in [1.82, 2.24) is 0 Å². The fourth-order valence-corrected chi connectivity index (χ4v) is 14.3. The minimum atomic E-state index is -0.0962. The molecule has 0 fully saturated rings. The van der Waals surface area contributed by atoms with Gasteiger partial charge in [0.15, 0.2) is 0 Å². The molecule has 80 heavy (non-hydrogen) atoms. The van der Waals surface area contributed by atoms with Crippen molar-refractivity contribution >= 4 is 99.6 Å². The van der Waals surface area contributed by atoms with E-state index in [0.717, 1.165) is 145 Å². The first-order chi connectivity index (χ1) is 39.6. The molecule has 370 valence electrons. The van der Waals surface area contributed by atoms with Gasteiger partial charge in [0.2, 0.25) is 0 Å². The van der Waals surface area contributed by atoms with Gasteiger partial charge in [-0.1, -0.05) is 164 Å². The Balaban J connectivity index is 0.662. The van der Waals surface area contributed by atoms with E-state index in [4.69, 9.17) is 23.4 Å². The molecule has 0 amide bonds. The summed E-state index contributed by atoms with van der Waals surface area (Å²) in [7, 11) is 0. The van der Waals surface area contributed by atoms with E-state index in [-0.39, 0.29) is 13.4 Å². The maximum Gasteiger partial charge on any atom is 0.260 e. The van der Waals surface area contributed by atoms with E-state index in [9.17, 15) is 0 Å². The van der Waals surface area contributed by atoms with Crippen LogP contribution in [-0.2, 0) is 0 Å². The molecule has 8 heteroatoms. The SMILES string of the molecule is c1ccc2c(c1)Oc1cc(-c3ccc(-c4ccc5oc6c(-c7ccc8c(c7)B7c9ccccc9Oc9cc(-c%10ccc(-c%11ccc%12sc%13ccccc%13c%12c%11)cc%10)cc(c97)O8)cccc6c5c4)cc3)cc3c1B2c1ccccc1O3. The third kappa shape index (κ3) is 6.60. The molecule has 5 nitrogen and oxygen atoms in total. The molecule has 18 rings (SSSR count). The van der Waals surface area contributed by atoms with Crippen LogP contribution in [0.15, 0.2) is 247 Å². The van der Waals surface area contributed by atoms with Crippen molar-refractivity contribution < 1.29 is 23.4 Å². The Morgan fingerprint density at radius 1 is 0.263 bits per heavy atom. The number of thiophene rings is 1. The van der Waals surface area contributed by atoms with Crippen molar-refractivity contribution in [2.75, 3.05) is 0 Å². The lowest BCUT2D eigenvalue weighted by Gasteiger charge is -2.33. The van der Waals surface area contributed by atoms with Crippen LogP contribution in [0.25, 0.3) is 97.7 Å². The average Bonchev–Trinajstić information content (AvgIpc) is 4.18.